The van der Waals surface area contributed by atoms with E-state index in [1.165, 1.54) is 13.2 Å². The first-order valence-corrected chi connectivity index (χ1v) is 5.53. The van der Waals surface area contributed by atoms with E-state index in [4.69, 9.17) is 4.74 Å². The first-order chi connectivity index (χ1) is 8.46. The van der Waals surface area contributed by atoms with Crippen LogP contribution in [0.15, 0.2) is 18.2 Å². The Kier molecular flexibility index (Phi) is 5.27. The molecule has 1 N–H and O–H groups in total. The third kappa shape index (κ3) is 4.83. The van der Waals surface area contributed by atoms with Crippen LogP contribution in [0.4, 0.5) is 13.2 Å². The smallest absolute Gasteiger partial charge is 0.422 e. The van der Waals surface area contributed by atoms with Crippen molar-refractivity contribution in [3.8, 4) is 11.5 Å². The first kappa shape index (κ1) is 14.6. The summed E-state index contributed by atoms with van der Waals surface area (Å²) in [6.45, 7) is 2.09. The van der Waals surface area contributed by atoms with Crippen molar-refractivity contribution in [1.29, 1.82) is 0 Å². The van der Waals surface area contributed by atoms with Gasteiger partial charge in [0, 0.05) is 6.54 Å². The van der Waals surface area contributed by atoms with Gasteiger partial charge in [0.15, 0.2) is 18.1 Å². The number of hydrogen-bond donors (Lipinski definition) is 1. The van der Waals surface area contributed by atoms with Crippen LogP contribution in [0, 0.1) is 0 Å². The van der Waals surface area contributed by atoms with E-state index in [0.29, 0.717) is 12.3 Å². The molecule has 0 heterocycles. The normalized spacial score (nSPS) is 11.4. The molecule has 0 aliphatic carbocycles. The Morgan fingerprint density at radius 1 is 1.22 bits per heavy atom. The van der Waals surface area contributed by atoms with Crippen molar-refractivity contribution in [2.45, 2.75) is 19.6 Å². The highest BCUT2D eigenvalue weighted by atomic mass is 19.4. The molecule has 0 aliphatic rings. The molecule has 0 fully saturated rings. The van der Waals surface area contributed by atoms with E-state index in [-0.39, 0.29) is 5.75 Å². The molecule has 0 radical (unpaired) electrons. The minimum atomic E-state index is -4.35. The van der Waals surface area contributed by atoms with Gasteiger partial charge in [-0.1, -0.05) is 13.0 Å². The summed E-state index contributed by atoms with van der Waals surface area (Å²) in [5, 5.41) is 3.12. The highest BCUT2D eigenvalue weighted by Crippen LogP contribution is 2.29. The van der Waals surface area contributed by atoms with Gasteiger partial charge in [-0.25, -0.2) is 0 Å². The molecule has 0 atom stereocenters. The molecule has 102 valence electrons. The summed E-state index contributed by atoms with van der Waals surface area (Å²) in [5.41, 5.74) is 0.924. The van der Waals surface area contributed by atoms with Crippen LogP contribution in [-0.2, 0) is 6.54 Å². The van der Waals surface area contributed by atoms with Crippen LogP contribution < -0.4 is 14.8 Å². The van der Waals surface area contributed by atoms with Gasteiger partial charge < -0.3 is 14.8 Å². The lowest BCUT2D eigenvalue weighted by Gasteiger charge is -2.13. The standard InChI is InChI=1S/C12H16F3NO2/c1-3-16-7-9-4-5-10(11(6-9)17-2)18-8-12(13,14)15/h4-6,16H,3,7-8H2,1-2H3. The molecule has 0 aromatic heterocycles. The van der Waals surface area contributed by atoms with Crippen molar-refractivity contribution < 1.29 is 22.6 Å². The van der Waals surface area contributed by atoms with Gasteiger partial charge in [0.05, 0.1) is 7.11 Å². The zero-order chi connectivity index (χ0) is 13.6. The maximum absolute atomic E-state index is 12.0. The van der Waals surface area contributed by atoms with E-state index >= 15 is 0 Å². The second-order valence-corrected chi connectivity index (χ2v) is 3.67. The Morgan fingerprint density at radius 2 is 1.94 bits per heavy atom. The zero-order valence-corrected chi connectivity index (χ0v) is 10.3. The number of alkyl halides is 3. The van der Waals surface area contributed by atoms with E-state index < -0.39 is 12.8 Å². The number of nitrogens with one attached hydrogen (secondary N) is 1. The summed E-state index contributed by atoms with van der Waals surface area (Å²) < 4.78 is 45.8. The summed E-state index contributed by atoms with van der Waals surface area (Å²) in [7, 11) is 1.40. The Labute approximate surface area is 104 Å². The Morgan fingerprint density at radius 3 is 2.50 bits per heavy atom. The van der Waals surface area contributed by atoms with Crippen LogP contribution in [0.3, 0.4) is 0 Å². The number of hydrogen-bond acceptors (Lipinski definition) is 3. The van der Waals surface area contributed by atoms with Gasteiger partial charge in [0.25, 0.3) is 0 Å². The van der Waals surface area contributed by atoms with Crippen molar-refractivity contribution in [2.75, 3.05) is 20.3 Å². The molecule has 18 heavy (non-hydrogen) atoms. The maximum atomic E-state index is 12.0. The van der Waals surface area contributed by atoms with E-state index in [0.717, 1.165) is 12.1 Å². The molecule has 0 unspecified atom stereocenters. The minimum absolute atomic E-state index is 0.0927. The Bertz CT molecular complexity index is 380. The van der Waals surface area contributed by atoms with Gasteiger partial charge in [-0.2, -0.15) is 13.2 Å². The molecule has 0 amide bonds. The van der Waals surface area contributed by atoms with Crippen molar-refractivity contribution in [3.63, 3.8) is 0 Å². The first-order valence-electron chi connectivity index (χ1n) is 5.53. The fourth-order valence-electron chi connectivity index (χ4n) is 1.37. The molecule has 1 rings (SSSR count). The average molecular weight is 263 g/mol. The van der Waals surface area contributed by atoms with Gasteiger partial charge in [0.1, 0.15) is 0 Å². The van der Waals surface area contributed by atoms with Crippen molar-refractivity contribution in [1.82, 2.24) is 5.32 Å². The van der Waals surface area contributed by atoms with Crippen LogP contribution in [0.1, 0.15) is 12.5 Å². The van der Waals surface area contributed by atoms with Crippen molar-refractivity contribution in [3.05, 3.63) is 23.8 Å². The number of benzene rings is 1. The van der Waals surface area contributed by atoms with Gasteiger partial charge >= 0.3 is 6.18 Å². The van der Waals surface area contributed by atoms with E-state index in [1.807, 2.05) is 6.92 Å². The van der Waals surface area contributed by atoms with Crippen LogP contribution >= 0.6 is 0 Å². The Hall–Kier alpha value is -1.43. The van der Waals surface area contributed by atoms with Gasteiger partial charge in [-0.05, 0) is 24.2 Å². The fourth-order valence-corrected chi connectivity index (χ4v) is 1.37. The molecule has 3 nitrogen and oxygen atoms in total. The molecule has 6 heteroatoms. The summed E-state index contributed by atoms with van der Waals surface area (Å²) in [6, 6.07) is 4.85. The lowest BCUT2D eigenvalue weighted by molar-refractivity contribution is -0.153. The quantitative estimate of drug-likeness (QED) is 0.856. The van der Waals surface area contributed by atoms with Crippen LogP contribution in [0.25, 0.3) is 0 Å². The topological polar surface area (TPSA) is 30.5 Å². The Balaban J connectivity index is 2.73. The lowest BCUT2D eigenvalue weighted by atomic mass is 10.2. The number of ether oxygens (including phenoxy) is 2. The van der Waals surface area contributed by atoms with Crippen molar-refractivity contribution >= 4 is 0 Å². The molecule has 0 saturated carbocycles. The molecule has 0 saturated heterocycles. The molecule has 1 aromatic carbocycles. The molecule has 0 spiro atoms. The second kappa shape index (κ2) is 6.49. The highest BCUT2D eigenvalue weighted by molar-refractivity contribution is 5.42. The molecule has 1 aromatic rings. The van der Waals surface area contributed by atoms with E-state index in [1.54, 1.807) is 12.1 Å². The van der Waals surface area contributed by atoms with Gasteiger partial charge in [-0.3, -0.25) is 0 Å². The molecule has 0 bridgehead atoms. The summed E-state index contributed by atoms with van der Waals surface area (Å²) in [5.74, 6) is 0.393. The van der Waals surface area contributed by atoms with Crippen LogP contribution in [-0.4, -0.2) is 26.4 Å². The second-order valence-electron chi connectivity index (χ2n) is 3.67. The summed E-state index contributed by atoms with van der Waals surface area (Å²) >= 11 is 0. The van der Waals surface area contributed by atoms with E-state index in [9.17, 15) is 13.2 Å². The summed E-state index contributed by atoms with van der Waals surface area (Å²) in [4.78, 5) is 0. The average Bonchev–Trinajstić information content (AvgIpc) is 2.33. The number of rotatable bonds is 6. The van der Waals surface area contributed by atoms with Crippen LogP contribution in [0.2, 0.25) is 0 Å². The number of methoxy groups -OCH3 is 1. The molecular weight excluding hydrogens is 247 g/mol. The van der Waals surface area contributed by atoms with Gasteiger partial charge in [0.2, 0.25) is 0 Å². The lowest BCUT2D eigenvalue weighted by Crippen LogP contribution is -2.19. The highest BCUT2D eigenvalue weighted by Gasteiger charge is 2.28. The van der Waals surface area contributed by atoms with Crippen molar-refractivity contribution in [2.24, 2.45) is 0 Å². The predicted molar refractivity (Wildman–Crippen MR) is 61.9 cm³/mol. The van der Waals surface area contributed by atoms with E-state index in [2.05, 4.69) is 10.1 Å². The minimum Gasteiger partial charge on any atom is -0.493 e. The SMILES string of the molecule is CCNCc1ccc(OCC(F)(F)F)c(OC)c1. The third-order valence-electron chi connectivity index (χ3n) is 2.20. The maximum Gasteiger partial charge on any atom is 0.422 e. The summed E-state index contributed by atoms with van der Waals surface area (Å²) in [6.07, 6.45) is -4.35. The zero-order valence-electron chi connectivity index (χ0n) is 10.3. The fraction of sp³-hybridized carbons (Fsp3) is 0.500. The number of halogens is 3. The van der Waals surface area contributed by atoms with Crippen LogP contribution in [0.5, 0.6) is 11.5 Å². The monoisotopic (exact) mass is 263 g/mol. The van der Waals surface area contributed by atoms with Gasteiger partial charge in [-0.15, -0.1) is 0 Å². The predicted octanol–water partition coefficient (Wildman–Crippen LogP) is 2.75. The largest absolute Gasteiger partial charge is 0.493 e. The molecular formula is C12H16F3NO2. The third-order valence-corrected chi connectivity index (χ3v) is 2.20. The molecule has 0 aliphatic heterocycles.